The summed E-state index contributed by atoms with van der Waals surface area (Å²) in [6.07, 6.45) is 0. The van der Waals surface area contributed by atoms with Gasteiger partial charge in [0.05, 0.1) is 10.5 Å². The first kappa shape index (κ1) is 11.8. The van der Waals surface area contributed by atoms with Gasteiger partial charge in [0.1, 0.15) is 5.69 Å². The van der Waals surface area contributed by atoms with Gasteiger partial charge in [-0.3, -0.25) is 4.79 Å². The average Bonchev–Trinajstić information content (AvgIpc) is 2.36. The average molecular weight is 250 g/mol. The van der Waals surface area contributed by atoms with Crippen molar-refractivity contribution in [3.63, 3.8) is 0 Å². The number of carbonyl (C=O) groups is 1. The Bertz CT molecular complexity index is 556. The predicted octanol–water partition coefficient (Wildman–Crippen LogP) is 1.58. The summed E-state index contributed by atoms with van der Waals surface area (Å²) in [5, 5.41) is 4.11. The van der Waals surface area contributed by atoms with Crippen molar-refractivity contribution in [3.05, 3.63) is 41.0 Å². The summed E-state index contributed by atoms with van der Waals surface area (Å²) in [6.45, 7) is 0.834. The van der Waals surface area contributed by atoms with E-state index in [0.717, 1.165) is 5.39 Å². The van der Waals surface area contributed by atoms with Gasteiger partial charge in [0.25, 0.3) is 5.91 Å². The van der Waals surface area contributed by atoms with Crippen molar-refractivity contribution in [1.82, 2.24) is 10.3 Å². The zero-order valence-corrected chi connectivity index (χ0v) is 9.87. The number of nitrogens with one attached hydrogen (secondary N) is 1. The summed E-state index contributed by atoms with van der Waals surface area (Å²) in [5.74, 6) is -0.239. The van der Waals surface area contributed by atoms with Gasteiger partial charge < -0.3 is 11.1 Å². The summed E-state index contributed by atoms with van der Waals surface area (Å²) in [5.41, 5.74) is 6.29. The van der Waals surface area contributed by atoms with Crippen molar-refractivity contribution in [2.75, 3.05) is 13.1 Å². The molecule has 2 aromatic rings. The van der Waals surface area contributed by atoms with E-state index in [4.69, 9.17) is 17.3 Å². The Morgan fingerprint density at radius 3 is 2.94 bits per heavy atom. The SMILES string of the molecule is NCCNC(=O)c1ccc2cccc(Cl)c2n1. The second-order valence-corrected chi connectivity index (χ2v) is 3.96. The van der Waals surface area contributed by atoms with Crippen molar-refractivity contribution in [1.29, 1.82) is 0 Å². The normalized spacial score (nSPS) is 10.5. The Kier molecular flexibility index (Phi) is 3.56. The van der Waals surface area contributed by atoms with Crippen LogP contribution < -0.4 is 11.1 Å². The Morgan fingerprint density at radius 2 is 2.18 bits per heavy atom. The van der Waals surface area contributed by atoms with E-state index in [1.807, 2.05) is 18.2 Å². The predicted molar refractivity (Wildman–Crippen MR) is 68.1 cm³/mol. The largest absolute Gasteiger partial charge is 0.349 e. The molecule has 5 heteroatoms. The molecule has 1 heterocycles. The van der Waals surface area contributed by atoms with E-state index in [2.05, 4.69) is 10.3 Å². The molecule has 0 aliphatic rings. The summed E-state index contributed by atoms with van der Waals surface area (Å²) >= 11 is 6.02. The molecule has 2 rings (SSSR count). The molecule has 1 aromatic heterocycles. The van der Waals surface area contributed by atoms with Crippen LogP contribution in [0.5, 0.6) is 0 Å². The number of nitrogens with two attached hydrogens (primary N) is 1. The van der Waals surface area contributed by atoms with Crippen molar-refractivity contribution in [2.45, 2.75) is 0 Å². The molecule has 0 aliphatic heterocycles. The molecular formula is C12H12ClN3O. The Labute approximate surface area is 104 Å². The molecule has 0 saturated heterocycles. The molecule has 0 radical (unpaired) electrons. The molecule has 1 aromatic carbocycles. The highest BCUT2D eigenvalue weighted by molar-refractivity contribution is 6.35. The topological polar surface area (TPSA) is 68.0 Å². The molecule has 0 fully saturated rings. The first-order valence-corrected chi connectivity index (χ1v) is 5.63. The first-order chi connectivity index (χ1) is 8.22. The standard InChI is InChI=1S/C12H12ClN3O/c13-9-3-1-2-8-4-5-10(16-11(8)9)12(17)15-7-6-14/h1-5H,6-7,14H2,(H,15,17). The van der Waals surface area contributed by atoms with Gasteiger partial charge in [-0.2, -0.15) is 0 Å². The number of rotatable bonds is 3. The van der Waals surface area contributed by atoms with Gasteiger partial charge >= 0.3 is 0 Å². The van der Waals surface area contributed by atoms with Gasteiger partial charge in [-0.25, -0.2) is 4.98 Å². The van der Waals surface area contributed by atoms with Crippen molar-refractivity contribution in [3.8, 4) is 0 Å². The second kappa shape index (κ2) is 5.12. The molecule has 0 unspecified atom stereocenters. The number of para-hydroxylation sites is 1. The second-order valence-electron chi connectivity index (χ2n) is 3.55. The Hall–Kier alpha value is -1.65. The smallest absolute Gasteiger partial charge is 0.269 e. The maximum atomic E-state index is 11.7. The fourth-order valence-electron chi connectivity index (χ4n) is 1.51. The van der Waals surface area contributed by atoms with Gasteiger partial charge in [-0.1, -0.05) is 29.8 Å². The maximum Gasteiger partial charge on any atom is 0.269 e. The maximum absolute atomic E-state index is 11.7. The first-order valence-electron chi connectivity index (χ1n) is 5.26. The van der Waals surface area contributed by atoms with Gasteiger partial charge in [0, 0.05) is 18.5 Å². The van der Waals surface area contributed by atoms with E-state index >= 15 is 0 Å². The number of fused-ring (bicyclic) bond motifs is 1. The lowest BCUT2D eigenvalue weighted by Gasteiger charge is -2.05. The van der Waals surface area contributed by atoms with Gasteiger partial charge in [-0.05, 0) is 12.1 Å². The number of benzene rings is 1. The summed E-state index contributed by atoms with van der Waals surface area (Å²) < 4.78 is 0. The van der Waals surface area contributed by atoms with Crippen LogP contribution in [-0.2, 0) is 0 Å². The Morgan fingerprint density at radius 1 is 1.35 bits per heavy atom. The van der Waals surface area contributed by atoms with Crippen LogP contribution in [0, 0.1) is 0 Å². The van der Waals surface area contributed by atoms with Crippen LogP contribution in [0.1, 0.15) is 10.5 Å². The molecule has 0 spiro atoms. The van der Waals surface area contributed by atoms with Crippen LogP contribution in [0.3, 0.4) is 0 Å². The zero-order chi connectivity index (χ0) is 12.3. The van der Waals surface area contributed by atoms with Gasteiger partial charge in [0.2, 0.25) is 0 Å². The fraction of sp³-hybridized carbons (Fsp3) is 0.167. The molecule has 0 bridgehead atoms. The number of halogens is 1. The molecular weight excluding hydrogens is 238 g/mol. The Balaban J connectivity index is 2.37. The van der Waals surface area contributed by atoms with Crippen LogP contribution in [0.4, 0.5) is 0 Å². The lowest BCUT2D eigenvalue weighted by atomic mass is 10.2. The minimum atomic E-state index is -0.239. The lowest BCUT2D eigenvalue weighted by Crippen LogP contribution is -2.29. The van der Waals surface area contributed by atoms with Crippen LogP contribution >= 0.6 is 11.6 Å². The van der Waals surface area contributed by atoms with Crippen LogP contribution in [0.2, 0.25) is 5.02 Å². The third-order valence-electron chi connectivity index (χ3n) is 2.33. The monoisotopic (exact) mass is 249 g/mol. The van der Waals surface area contributed by atoms with Crippen LogP contribution in [0.25, 0.3) is 10.9 Å². The number of hydrogen-bond acceptors (Lipinski definition) is 3. The summed E-state index contributed by atoms with van der Waals surface area (Å²) in [4.78, 5) is 15.9. The van der Waals surface area contributed by atoms with E-state index in [1.165, 1.54) is 0 Å². The number of carbonyl (C=O) groups excluding carboxylic acids is 1. The quantitative estimate of drug-likeness (QED) is 0.868. The summed E-state index contributed by atoms with van der Waals surface area (Å²) in [6, 6.07) is 8.99. The molecule has 88 valence electrons. The van der Waals surface area contributed by atoms with Gasteiger partial charge in [-0.15, -0.1) is 0 Å². The number of amides is 1. The minimum absolute atomic E-state index is 0.239. The van der Waals surface area contributed by atoms with E-state index in [0.29, 0.717) is 29.3 Å². The molecule has 17 heavy (non-hydrogen) atoms. The molecule has 0 saturated carbocycles. The number of nitrogens with zero attached hydrogens (tertiary/aromatic N) is 1. The molecule has 1 amide bonds. The van der Waals surface area contributed by atoms with E-state index in [1.54, 1.807) is 12.1 Å². The van der Waals surface area contributed by atoms with Crippen LogP contribution in [0.15, 0.2) is 30.3 Å². The molecule has 3 N–H and O–H groups in total. The number of aromatic nitrogens is 1. The molecule has 4 nitrogen and oxygen atoms in total. The highest BCUT2D eigenvalue weighted by atomic mass is 35.5. The number of pyridine rings is 1. The molecule has 0 aliphatic carbocycles. The lowest BCUT2D eigenvalue weighted by molar-refractivity contribution is 0.0950. The van der Waals surface area contributed by atoms with Gasteiger partial charge in [0.15, 0.2) is 0 Å². The third-order valence-corrected chi connectivity index (χ3v) is 2.64. The van der Waals surface area contributed by atoms with Crippen molar-refractivity contribution in [2.24, 2.45) is 5.73 Å². The third kappa shape index (κ3) is 2.54. The zero-order valence-electron chi connectivity index (χ0n) is 9.11. The fourth-order valence-corrected chi connectivity index (χ4v) is 1.74. The van der Waals surface area contributed by atoms with Crippen molar-refractivity contribution >= 4 is 28.4 Å². The van der Waals surface area contributed by atoms with Crippen molar-refractivity contribution < 1.29 is 4.79 Å². The van der Waals surface area contributed by atoms with E-state index in [9.17, 15) is 4.79 Å². The van der Waals surface area contributed by atoms with E-state index < -0.39 is 0 Å². The molecule has 0 atom stereocenters. The summed E-state index contributed by atoms with van der Waals surface area (Å²) in [7, 11) is 0. The highest BCUT2D eigenvalue weighted by Gasteiger charge is 2.08. The van der Waals surface area contributed by atoms with E-state index in [-0.39, 0.29) is 5.91 Å². The minimum Gasteiger partial charge on any atom is -0.349 e. The highest BCUT2D eigenvalue weighted by Crippen LogP contribution is 2.21. The number of hydrogen-bond donors (Lipinski definition) is 2. The van der Waals surface area contributed by atoms with Crippen LogP contribution in [-0.4, -0.2) is 24.0 Å².